The van der Waals surface area contributed by atoms with Gasteiger partial charge in [0.1, 0.15) is 5.75 Å². The Hall–Kier alpha value is -2.29. The fourth-order valence-corrected chi connectivity index (χ4v) is 2.83. The van der Waals surface area contributed by atoms with E-state index in [1.807, 2.05) is 19.1 Å². The van der Waals surface area contributed by atoms with E-state index in [0.29, 0.717) is 0 Å². The van der Waals surface area contributed by atoms with Crippen molar-refractivity contribution in [3.8, 4) is 16.9 Å². The molecule has 1 saturated carbocycles. The van der Waals surface area contributed by atoms with Crippen molar-refractivity contribution in [2.24, 2.45) is 5.92 Å². The summed E-state index contributed by atoms with van der Waals surface area (Å²) in [5, 5.41) is 2.92. The number of ether oxygens (including phenoxy) is 1. The van der Waals surface area contributed by atoms with Gasteiger partial charge in [-0.1, -0.05) is 36.4 Å². The van der Waals surface area contributed by atoms with Crippen LogP contribution in [-0.2, 0) is 11.2 Å². The van der Waals surface area contributed by atoms with Gasteiger partial charge >= 0.3 is 0 Å². The zero-order valence-corrected chi connectivity index (χ0v) is 14.4. The monoisotopic (exact) mass is 323 g/mol. The maximum Gasteiger partial charge on any atom is 0.217 e. The Labute approximate surface area is 144 Å². The van der Waals surface area contributed by atoms with E-state index in [-0.39, 0.29) is 11.9 Å². The van der Waals surface area contributed by atoms with E-state index in [4.69, 9.17) is 4.74 Å². The molecule has 1 atom stereocenters. The fraction of sp³-hybridized carbons (Fsp3) is 0.381. The molecule has 3 nitrogen and oxygen atoms in total. The number of carbonyl (C=O) groups is 1. The fourth-order valence-electron chi connectivity index (χ4n) is 2.83. The summed E-state index contributed by atoms with van der Waals surface area (Å²) in [6.45, 7) is 4.42. The van der Waals surface area contributed by atoms with Gasteiger partial charge in [-0.05, 0) is 60.9 Å². The number of rotatable bonds is 7. The van der Waals surface area contributed by atoms with Crippen LogP contribution in [0.15, 0.2) is 48.5 Å². The molecule has 1 aliphatic carbocycles. The van der Waals surface area contributed by atoms with Gasteiger partial charge in [-0.2, -0.15) is 0 Å². The summed E-state index contributed by atoms with van der Waals surface area (Å²) in [7, 11) is 0. The Morgan fingerprint density at radius 3 is 2.21 bits per heavy atom. The standard InChI is InChI=1S/C21H25NO2/c1-15(22-16(2)23)13-17-5-7-19(8-6-17)20-9-11-21(12-10-20)24-14-18-3-4-18/h5-12,15,18H,3-4,13-14H2,1-2H3,(H,22,23). The lowest BCUT2D eigenvalue weighted by molar-refractivity contribution is -0.119. The first kappa shape index (κ1) is 16.6. The largest absolute Gasteiger partial charge is 0.493 e. The van der Waals surface area contributed by atoms with Crippen molar-refractivity contribution in [1.29, 1.82) is 0 Å². The van der Waals surface area contributed by atoms with Gasteiger partial charge in [0.15, 0.2) is 0 Å². The highest BCUT2D eigenvalue weighted by Crippen LogP contribution is 2.30. The van der Waals surface area contributed by atoms with Crippen molar-refractivity contribution in [1.82, 2.24) is 5.32 Å². The van der Waals surface area contributed by atoms with Crippen LogP contribution >= 0.6 is 0 Å². The normalized spacial score (nSPS) is 14.9. The highest BCUT2D eigenvalue weighted by Gasteiger charge is 2.21. The van der Waals surface area contributed by atoms with Crippen LogP contribution in [0.25, 0.3) is 11.1 Å². The van der Waals surface area contributed by atoms with E-state index in [9.17, 15) is 4.79 Å². The predicted molar refractivity (Wildman–Crippen MR) is 97.1 cm³/mol. The number of nitrogens with one attached hydrogen (secondary N) is 1. The van der Waals surface area contributed by atoms with Gasteiger partial charge in [0.05, 0.1) is 6.61 Å². The van der Waals surface area contributed by atoms with Gasteiger partial charge in [-0.15, -0.1) is 0 Å². The van der Waals surface area contributed by atoms with Gasteiger partial charge in [0, 0.05) is 13.0 Å². The predicted octanol–water partition coefficient (Wildman–Crippen LogP) is 4.21. The third-order valence-corrected chi connectivity index (χ3v) is 4.32. The Morgan fingerprint density at radius 2 is 1.67 bits per heavy atom. The van der Waals surface area contributed by atoms with Crippen LogP contribution in [0.5, 0.6) is 5.75 Å². The molecule has 2 aromatic carbocycles. The molecule has 24 heavy (non-hydrogen) atoms. The molecule has 2 aromatic rings. The van der Waals surface area contributed by atoms with Crippen molar-refractivity contribution >= 4 is 5.91 Å². The topological polar surface area (TPSA) is 38.3 Å². The minimum Gasteiger partial charge on any atom is -0.493 e. The molecule has 1 N–H and O–H groups in total. The summed E-state index contributed by atoms with van der Waals surface area (Å²) in [5.41, 5.74) is 3.61. The van der Waals surface area contributed by atoms with Gasteiger partial charge in [0.25, 0.3) is 0 Å². The van der Waals surface area contributed by atoms with E-state index in [1.54, 1.807) is 6.92 Å². The zero-order valence-electron chi connectivity index (χ0n) is 14.4. The number of carbonyl (C=O) groups excluding carboxylic acids is 1. The SMILES string of the molecule is CC(=O)NC(C)Cc1ccc(-c2ccc(OCC3CC3)cc2)cc1. The summed E-state index contributed by atoms with van der Waals surface area (Å²) in [5.74, 6) is 1.74. The lowest BCUT2D eigenvalue weighted by Crippen LogP contribution is -2.31. The van der Waals surface area contributed by atoms with Crippen LogP contribution in [-0.4, -0.2) is 18.6 Å². The highest BCUT2D eigenvalue weighted by molar-refractivity contribution is 5.73. The average Bonchev–Trinajstić information content (AvgIpc) is 3.38. The maximum atomic E-state index is 11.1. The maximum absolute atomic E-state index is 11.1. The molecule has 0 heterocycles. The summed E-state index contributed by atoms with van der Waals surface area (Å²) in [6, 6.07) is 17.0. The summed E-state index contributed by atoms with van der Waals surface area (Å²) in [6.07, 6.45) is 3.46. The van der Waals surface area contributed by atoms with E-state index in [0.717, 1.165) is 24.7 Å². The van der Waals surface area contributed by atoms with Crippen molar-refractivity contribution in [3.05, 3.63) is 54.1 Å². The van der Waals surface area contributed by atoms with E-state index < -0.39 is 0 Å². The van der Waals surface area contributed by atoms with Crippen LogP contribution in [0.3, 0.4) is 0 Å². The van der Waals surface area contributed by atoms with Crippen LogP contribution in [0.1, 0.15) is 32.3 Å². The second-order valence-corrected chi connectivity index (χ2v) is 6.78. The zero-order chi connectivity index (χ0) is 16.9. The van der Waals surface area contributed by atoms with Crippen LogP contribution in [0.4, 0.5) is 0 Å². The van der Waals surface area contributed by atoms with Gasteiger partial charge < -0.3 is 10.1 Å². The molecular formula is C21H25NO2. The molecule has 1 unspecified atom stereocenters. The molecule has 1 aliphatic rings. The first-order valence-corrected chi connectivity index (χ1v) is 8.69. The van der Waals surface area contributed by atoms with E-state index in [2.05, 4.69) is 41.7 Å². The Balaban J connectivity index is 1.58. The highest BCUT2D eigenvalue weighted by atomic mass is 16.5. The summed E-state index contributed by atoms with van der Waals surface area (Å²) in [4.78, 5) is 11.1. The quantitative estimate of drug-likeness (QED) is 0.829. The van der Waals surface area contributed by atoms with E-state index >= 15 is 0 Å². The van der Waals surface area contributed by atoms with E-state index in [1.165, 1.54) is 29.5 Å². The number of hydrogen-bond donors (Lipinski definition) is 1. The van der Waals surface area contributed by atoms with Crippen LogP contribution in [0, 0.1) is 5.92 Å². The Bertz CT molecular complexity index is 672. The molecule has 1 amide bonds. The minimum absolute atomic E-state index is 0.0168. The average molecular weight is 323 g/mol. The van der Waals surface area contributed by atoms with Crippen molar-refractivity contribution in [2.45, 2.75) is 39.2 Å². The second-order valence-electron chi connectivity index (χ2n) is 6.78. The first-order chi connectivity index (χ1) is 11.6. The molecule has 126 valence electrons. The van der Waals surface area contributed by atoms with Crippen molar-refractivity contribution in [3.63, 3.8) is 0 Å². The Morgan fingerprint density at radius 1 is 1.08 bits per heavy atom. The van der Waals surface area contributed by atoms with Crippen LogP contribution in [0.2, 0.25) is 0 Å². The molecule has 3 rings (SSSR count). The lowest BCUT2D eigenvalue weighted by Gasteiger charge is -2.13. The Kier molecular flexibility index (Phi) is 5.19. The van der Waals surface area contributed by atoms with Crippen LogP contribution < -0.4 is 10.1 Å². The molecule has 0 aliphatic heterocycles. The minimum atomic E-state index is 0.0168. The molecular weight excluding hydrogens is 298 g/mol. The molecule has 0 radical (unpaired) electrons. The molecule has 0 spiro atoms. The second kappa shape index (κ2) is 7.52. The molecule has 1 fully saturated rings. The number of hydrogen-bond acceptors (Lipinski definition) is 2. The number of benzene rings is 2. The smallest absolute Gasteiger partial charge is 0.217 e. The molecule has 0 bridgehead atoms. The third kappa shape index (κ3) is 4.85. The molecule has 0 saturated heterocycles. The lowest BCUT2D eigenvalue weighted by atomic mass is 10.0. The van der Waals surface area contributed by atoms with Gasteiger partial charge in [-0.25, -0.2) is 0 Å². The first-order valence-electron chi connectivity index (χ1n) is 8.69. The third-order valence-electron chi connectivity index (χ3n) is 4.32. The molecule has 0 aromatic heterocycles. The van der Waals surface area contributed by atoms with Crippen molar-refractivity contribution < 1.29 is 9.53 Å². The van der Waals surface area contributed by atoms with Gasteiger partial charge in [0.2, 0.25) is 5.91 Å². The summed E-state index contributed by atoms with van der Waals surface area (Å²) >= 11 is 0. The van der Waals surface area contributed by atoms with Crippen molar-refractivity contribution in [2.75, 3.05) is 6.61 Å². The van der Waals surface area contributed by atoms with Gasteiger partial charge in [-0.3, -0.25) is 4.79 Å². The molecule has 3 heteroatoms. The summed E-state index contributed by atoms with van der Waals surface area (Å²) < 4.78 is 5.78. The number of amides is 1.